The van der Waals surface area contributed by atoms with Gasteiger partial charge in [0, 0.05) is 11.8 Å². The Hall–Kier alpha value is -2.37. The lowest BCUT2D eigenvalue weighted by atomic mass is 10.2. The Morgan fingerprint density at radius 1 is 1.05 bits per heavy atom. The highest BCUT2D eigenvalue weighted by atomic mass is 19.2. The molecule has 0 atom stereocenters. The Morgan fingerprint density at radius 3 is 2.42 bits per heavy atom. The predicted molar refractivity (Wildman–Crippen MR) is 67.0 cm³/mol. The molecule has 0 bridgehead atoms. The van der Waals surface area contributed by atoms with Crippen LogP contribution in [0.1, 0.15) is 0 Å². The van der Waals surface area contributed by atoms with Gasteiger partial charge in [-0.1, -0.05) is 0 Å². The number of hydrogen-bond acceptors (Lipinski definition) is 3. The van der Waals surface area contributed by atoms with Crippen molar-refractivity contribution in [3.05, 3.63) is 47.8 Å². The van der Waals surface area contributed by atoms with E-state index >= 15 is 0 Å². The molecule has 0 amide bonds. The summed E-state index contributed by atoms with van der Waals surface area (Å²) in [5.41, 5.74) is 5.74. The number of nitrogens with two attached hydrogens (primary N) is 1. The minimum atomic E-state index is -1.09. The van der Waals surface area contributed by atoms with Crippen LogP contribution in [0.25, 0.3) is 0 Å². The average Bonchev–Trinajstić information content (AvgIpc) is 2.41. The summed E-state index contributed by atoms with van der Waals surface area (Å²) in [6.07, 6.45) is 0. The van der Waals surface area contributed by atoms with Crippen molar-refractivity contribution in [2.24, 2.45) is 0 Å². The molecule has 6 heteroatoms. The van der Waals surface area contributed by atoms with Crippen LogP contribution in [0.4, 0.5) is 30.2 Å². The summed E-state index contributed by atoms with van der Waals surface area (Å²) in [4.78, 5) is 0. The standard InChI is InChI=1S/C13H11F3N2O/c1-19-11-6-7(2-3-8(11)14)18-13-10(17)5-4-9(15)12(13)16/h2-6,18H,17H2,1H3. The van der Waals surface area contributed by atoms with E-state index in [-0.39, 0.29) is 17.1 Å². The zero-order chi connectivity index (χ0) is 14.0. The highest BCUT2D eigenvalue weighted by Gasteiger charge is 2.13. The number of rotatable bonds is 3. The molecule has 0 aromatic heterocycles. The second-order valence-corrected chi connectivity index (χ2v) is 3.80. The first-order chi connectivity index (χ1) is 9.02. The molecule has 0 saturated carbocycles. The van der Waals surface area contributed by atoms with Crippen LogP contribution in [-0.4, -0.2) is 7.11 Å². The first kappa shape index (κ1) is 13.1. The second-order valence-electron chi connectivity index (χ2n) is 3.80. The lowest BCUT2D eigenvalue weighted by Crippen LogP contribution is -2.02. The normalized spacial score (nSPS) is 10.3. The topological polar surface area (TPSA) is 47.3 Å². The Balaban J connectivity index is 2.39. The predicted octanol–water partition coefficient (Wildman–Crippen LogP) is 3.44. The summed E-state index contributed by atoms with van der Waals surface area (Å²) < 4.78 is 44.7. The number of nitrogen functional groups attached to an aromatic ring is 1. The van der Waals surface area contributed by atoms with E-state index in [1.807, 2.05) is 0 Å². The van der Waals surface area contributed by atoms with E-state index in [0.717, 1.165) is 12.1 Å². The summed E-state index contributed by atoms with van der Waals surface area (Å²) in [5.74, 6) is -2.69. The second kappa shape index (κ2) is 5.09. The third-order valence-electron chi connectivity index (χ3n) is 2.55. The number of nitrogens with one attached hydrogen (secondary N) is 1. The monoisotopic (exact) mass is 268 g/mol. The Labute approximate surface area is 107 Å². The average molecular weight is 268 g/mol. The minimum Gasteiger partial charge on any atom is -0.494 e. The molecule has 0 aliphatic carbocycles. The van der Waals surface area contributed by atoms with Crippen LogP contribution >= 0.6 is 0 Å². The maximum absolute atomic E-state index is 13.6. The van der Waals surface area contributed by atoms with E-state index < -0.39 is 17.5 Å². The van der Waals surface area contributed by atoms with Gasteiger partial charge in [0.1, 0.15) is 5.69 Å². The largest absolute Gasteiger partial charge is 0.494 e. The van der Waals surface area contributed by atoms with Crippen molar-refractivity contribution >= 4 is 17.1 Å². The summed E-state index contributed by atoms with van der Waals surface area (Å²) in [5, 5.41) is 2.60. The zero-order valence-electron chi connectivity index (χ0n) is 10.0. The van der Waals surface area contributed by atoms with Gasteiger partial charge in [0.15, 0.2) is 23.2 Å². The molecule has 0 unspecified atom stereocenters. The summed E-state index contributed by atoms with van der Waals surface area (Å²) >= 11 is 0. The molecule has 3 N–H and O–H groups in total. The van der Waals surface area contributed by atoms with Gasteiger partial charge in [-0.15, -0.1) is 0 Å². The Kier molecular flexibility index (Phi) is 3.50. The van der Waals surface area contributed by atoms with Crippen molar-refractivity contribution in [1.82, 2.24) is 0 Å². The molecule has 0 aliphatic heterocycles. The molecule has 0 fully saturated rings. The lowest BCUT2D eigenvalue weighted by molar-refractivity contribution is 0.387. The number of methoxy groups -OCH3 is 1. The van der Waals surface area contributed by atoms with Crippen LogP contribution in [-0.2, 0) is 0 Å². The summed E-state index contributed by atoms with van der Waals surface area (Å²) in [6.45, 7) is 0. The van der Waals surface area contributed by atoms with Crippen LogP contribution in [0, 0.1) is 17.5 Å². The molecule has 0 saturated heterocycles. The first-order valence-electron chi connectivity index (χ1n) is 5.37. The molecule has 0 aliphatic rings. The van der Waals surface area contributed by atoms with Crippen LogP contribution in [0.5, 0.6) is 5.75 Å². The smallest absolute Gasteiger partial charge is 0.184 e. The van der Waals surface area contributed by atoms with Crippen molar-refractivity contribution in [1.29, 1.82) is 0 Å². The number of benzene rings is 2. The Bertz CT molecular complexity index is 617. The minimum absolute atomic E-state index is 0.0135. The molecule has 2 aromatic rings. The van der Waals surface area contributed by atoms with E-state index in [9.17, 15) is 13.2 Å². The SMILES string of the molecule is COc1cc(Nc2c(N)ccc(F)c2F)ccc1F. The highest BCUT2D eigenvalue weighted by molar-refractivity contribution is 5.73. The third kappa shape index (κ3) is 2.57. The fourth-order valence-corrected chi connectivity index (χ4v) is 1.57. The maximum atomic E-state index is 13.6. The van der Waals surface area contributed by atoms with E-state index in [1.165, 1.54) is 25.3 Å². The van der Waals surface area contributed by atoms with E-state index in [4.69, 9.17) is 10.5 Å². The van der Waals surface area contributed by atoms with Gasteiger partial charge in [0.2, 0.25) is 0 Å². The van der Waals surface area contributed by atoms with E-state index in [1.54, 1.807) is 0 Å². The summed E-state index contributed by atoms with van der Waals surface area (Å²) in [6, 6.07) is 6.00. The zero-order valence-corrected chi connectivity index (χ0v) is 10.0. The van der Waals surface area contributed by atoms with Crippen LogP contribution < -0.4 is 15.8 Å². The van der Waals surface area contributed by atoms with Gasteiger partial charge < -0.3 is 15.8 Å². The van der Waals surface area contributed by atoms with Gasteiger partial charge in [-0.3, -0.25) is 0 Å². The number of hydrogen-bond donors (Lipinski definition) is 2. The molecule has 2 rings (SSSR count). The fourth-order valence-electron chi connectivity index (χ4n) is 1.57. The van der Waals surface area contributed by atoms with Gasteiger partial charge in [0.25, 0.3) is 0 Å². The number of halogens is 3. The Morgan fingerprint density at radius 2 is 1.74 bits per heavy atom. The number of anilines is 3. The molecule has 0 radical (unpaired) electrons. The van der Waals surface area contributed by atoms with Crippen molar-refractivity contribution in [3.8, 4) is 5.75 Å². The molecular formula is C13H11F3N2O. The van der Waals surface area contributed by atoms with Crippen LogP contribution in [0.3, 0.4) is 0 Å². The highest BCUT2D eigenvalue weighted by Crippen LogP contribution is 2.30. The quantitative estimate of drug-likeness (QED) is 0.838. The maximum Gasteiger partial charge on any atom is 0.184 e. The van der Waals surface area contributed by atoms with Gasteiger partial charge in [-0.05, 0) is 24.3 Å². The van der Waals surface area contributed by atoms with Crippen molar-refractivity contribution in [2.45, 2.75) is 0 Å². The molecule has 19 heavy (non-hydrogen) atoms. The lowest BCUT2D eigenvalue weighted by Gasteiger charge is -2.12. The van der Waals surface area contributed by atoms with Crippen molar-refractivity contribution in [2.75, 3.05) is 18.2 Å². The van der Waals surface area contributed by atoms with Gasteiger partial charge in [-0.2, -0.15) is 0 Å². The molecule has 0 heterocycles. The van der Waals surface area contributed by atoms with E-state index in [2.05, 4.69) is 5.32 Å². The van der Waals surface area contributed by atoms with E-state index in [0.29, 0.717) is 5.69 Å². The van der Waals surface area contributed by atoms with Crippen LogP contribution in [0.15, 0.2) is 30.3 Å². The molecule has 0 spiro atoms. The molecule has 100 valence electrons. The van der Waals surface area contributed by atoms with Gasteiger partial charge >= 0.3 is 0 Å². The van der Waals surface area contributed by atoms with Crippen LogP contribution in [0.2, 0.25) is 0 Å². The van der Waals surface area contributed by atoms with Crippen molar-refractivity contribution in [3.63, 3.8) is 0 Å². The molecule has 3 nitrogen and oxygen atoms in total. The molecule has 2 aromatic carbocycles. The van der Waals surface area contributed by atoms with Gasteiger partial charge in [0.05, 0.1) is 12.8 Å². The van der Waals surface area contributed by atoms with Gasteiger partial charge in [-0.25, -0.2) is 13.2 Å². The molecular weight excluding hydrogens is 257 g/mol. The first-order valence-corrected chi connectivity index (χ1v) is 5.37. The number of ether oxygens (including phenoxy) is 1. The van der Waals surface area contributed by atoms with Crippen molar-refractivity contribution < 1.29 is 17.9 Å². The third-order valence-corrected chi connectivity index (χ3v) is 2.55. The fraction of sp³-hybridized carbons (Fsp3) is 0.0769. The summed E-state index contributed by atoms with van der Waals surface area (Å²) in [7, 11) is 1.30.